The highest BCUT2D eigenvalue weighted by molar-refractivity contribution is 4.83. The van der Waals surface area contributed by atoms with Crippen molar-refractivity contribution in [2.45, 2.75) is 52.7 Å². The SMILES string of the molecule is CC(C)CNCC(O)CN1CCCC1C(C)C. The van der Waals surface area contributed by atoms with Crippen molar-refractivity contribution in [3.63, 3.8) is 0 Å². The van der Waals surface area contributed by atoms with Crippen LogP contribution in [-0.2, 0) is 0 Å². The highest BCUT2D eigenvalue weighted by Gasteiger charge is 2.28. The lowest BCUT2D eigenvalue weighted by Gasteiger charge is -2.29. The summed E-state index contributed by atoms with van der Waals surface area (Å²) < 4.78 is 0. The fourth-order valence-corrected chi connectivity index (χ4v) is 2.71. The summed E-state index contributed by atoms with van der Waals surface area (Å²) in [5, 5.41) is 13.3. The van der Waals surface area contributed by atoms with Crippen molar-refractivity contribution < 1.29 is 5.11 Å². The normalized spacial score (nSPS) is 23.8. The fourth-order valence-electron chi connectivity index (χ4n) is 2.71. The van der Waals surface area contributed by atoms with Crippen LogP contribution in [0.3, 0.4) is 0 Å². The molecule has 2 atom stereocenters. The molecule has 1 heterocycles. The maximum atomic E-state index is 10.0. The second-order valence-electron chi connectivity index (χ2n) is 6.15. The Labute approximate surface area is 107 Å². The van der Waals surface area contributed by atoms with Gasteiger partial charge in [-0.25, -0.2) is 0 Å². The summed E-state index contributed by atoms with van der Waals surface area (Å²) in [7, 11) is 0. The minimum atomic E-state index is -0.229. The summed E-state index contributed by atoms with van der Waals surface area (Å²) >= 11 is 0. The zero-order valence-electron chi connectivity index (χ0n) is 11.9. The van der Waals surface area contributed by atoms with Crippen molar-refractivity contribution in [1.29, 1.82) is 0 Å². The molecule has 3 nitrogen and oxygen atoms in total. The Morgan fingerprint density at radius 2 is 1.94 bits per heavy atom. The van der Waals surface area contributed by atoms with Crippen LogP contribution in [0.2, 0.25) is 0 Å². The first-order chi connectivity index (χ1) is 8.00. The molecule has 102 valence electrons. The number of rotatable bonds is 7. The van der Waals surface area contributed by atoms with Gasteiger partial charge in [0, 0.05) is 19.1 Å². The largest absolute Gasteiger partial charge is 0.390 e. The van der Waals surface area contributed by atoms with Crippen LogP contribution in [0.25, 0.3) is 0 Å². The molecule has 1 saturated heterocycles. The molecule has 0 aliphatic carbocycles. The average Bonchev–Trinajstić information content (AvgIpc) is 2.65. The van der Waals surface area contributed by atoms with Gasteiger partial charge in [-0.2, -0.15) is 0 Å². The van der Waals surface area contributed by atoms with Crippen LogP contribution in [0.4, 0.5) is 0 Å². The van der Waals surface area contributed by atoms with E-state index >= 15 is 0 Å². The van der Waals surface area contributed by atoms with E-state index in [9.17, 15) is 5.11 Å². The van der Waals surface area contributed by atoms with Crippen molar-refractivity contribution in [2.24, 2.45) is 11.8 Å². The monoisotopic (exact) mass is 242 g/mol. The molecular formula is C14H30N2O. The van der Waals surface area contributed by atoms with Crippen LogP contribution in [0.1, 0.15) is 40.5 Å². The maximum Gasteiger partial charge on any atom is 0.0791 e. The molecule has 1 aliphatic rings. The van der Waals surface area contributed by atoms with Gasteiger partial charge in [-0.3, -0.25) is 4.90 Å². The molecule has 0 radical (unpaired) electrons. The number of nitrogens with one attached hydrogen (secondary N) is 1. The highest BCUT2D eigenvalue weighted by Crippen LogP contribution is 2.23. The van der Waals surface area contributed by atoms with E-state index in [0.29, 0.717) is 17.9 Å². The third-order valence-electron chi connectivity index (χ3n) is 3.56. The molecule has 0 saturated carbocycles. The summed E-state index contributed by atoms with van der Waals surface area (Å²) in [5.41, 5.74) is 0. The van der Waals surface area contributed by atoms with Gasteiger partial charge in [-0.05, 0) is 37.8 Å². The van der Waals surface area contributed by atoms with Crippen molar-refractivity contribution in [3.8, 4) is 0 Å². The number of likely N-dealkylation sites (tertiary alicyclic amines) is 1. The maximum absolute atomic E-state index is 10.0. The smallest absolute Gasteiger partial charge is 0.0791 e. The second kappa shape index (κ2) is 7.34. The Morgan fingerprint density at radius 3 is 2.53 bits per heavy atom. The topological polar surface area (TPSA) is 35.5 Å². The van der Waals surface area contributed by atoms with E-state index in [0.717, 1.165) is 26.2 Å². The number of β-amino-alcohol motifs (C(OH)–C–C–N with tert-alkyl or cyclic N) is 1. The van der Waals surface area contributed by atoms with Crippen molar-refractivity contribution in [1.82, 2.24) is 10.2 Å². The van der Waals surface area contributed by atoms with E-state index in [2.05, 4.69) is 37.9 Å². The van der Waals surface area contributed by atoms with E-state index in [1.807, 2.05) is 0 Å². The summed E-state index contributed by atoms with van der Waals surface area (Å²) in [5.74, 6) is 1.35. The summed E-state index contributed by atoms with van der Waals surface area (Å²) in [6.45, 7) is 12.6. The Morgan fingerprint density at radius 1 is 1.24 bits per heavy atom. The van der Waals surface area contributed by atoms with E-state index in [-0.39, 0.29) is 6.10 Å². The summed E-state index contributed by atoms with van der Waals surface area (Å²) in [6.07, 6.45) is 2.35. The van der Waals surface area contributed by atoms with Crippen LogP contribution < -0.4 is 5.32 Å². The molecule has 1 fully saturated rings. The first kappa shape index (κ1) is 14.9. The molecule has 2 unspecified atom stereocenters. The van der Waals surface area contributed by atoms with Gasteiger partial charge in [0.15, 0.2) is 0 Å². The fraction of sp³-hybridized carbons (Fsp3) is 1.00. The van der Waals surface area contributed by atoms with Gasteiger partial charge >= 0.3 is 0 Å². The van der Waals surface area contributed by atoms with Gasteiger partial charge in [-0.15, -0.1) is 0 Å². The molecule has 0 bridgehead atoms. The first-order valence-electron chi connectivity index (χ1n) is 7.13. The quantitative estimate of drug-likeness (QED) is 0.713. The van der Waals surface area contributed by atoms with Crippen LogP contribution in [-0.4, -0.2) is 48.3 Å². The number of aliphatic hydroxyl groups excluding tert-OH is 1. The number of hydrogen-bond acceptors (Lipinski definition) is 3. The van der Waals surface area contributed by atoms with Gasteiger partial charge in [0.1, 0.15) is 0 Å². The molecule has 2 N–H and O–H groups in total. The minimum Gasteiger partial charge on any atom is -0.390 e. The van der Waals surface area contributed by atoms with E-state index in [1.165, 1.54) is 12.8 Å². The van der Waals surface area contributed by atoms with Gasteiger partial charge in [0.25, 0.3) is 0 Å². The Balaban J connectivity index is 2.23. The predicted octanol–water partition coefficient (Wildman–Crippen LogP) is 1.71. The van der Waals surface area contributed by atoms with Gasteiger partial charge in [0.2, 0.25) is 0 Å². The standard InChI is InChI=1S/C14H30N2O/c1-11(2)8-15-9-13(17)10-16-7-5-6-14(16)12(3)4/h11-15,17H,5-10H2,1-4H3. The van der Waals surface area contributed by atoms with E-state index < -0.39 is 0 Å². The minimum absolute atomic E-state index is 0.229. The predicted molar refractivity (Wildman–Crippen MR) is 73.1 cm³/mol. The van der Waals surface area contributed by atoms with Gasteiger partial charge < -0.3 is 10.4 Å². The number of aliphatic hydroxyl groups is 1. The lowest BCUT2D eigenvalue weighted by Crippen LogP contribution is -2.42. The van der Waals surface area contributed by atoms with Crippen LogP contribution in [0, 0.1) is 11.8 Å². The molecule has 17 heavy (non-hydrogen) atoms. The van der Waals surface area contributed by atoms with Crippen LogP contribution >= 0.6 is 0 Å². The average molecular weight is 242 g/mol. The lowest BCUT2D eigenvalue weighted by molar-refractivity contribution is 0.0926. The molecule has 0 spiro atoms. The molecule has 0 aromatic rings. The van der Waals surface area contributed by atoms with Crippen molar-refractivity contribution in [3.05, 3.63) is 0 Å². The third-order valence-corrected chi connectivity index (χ3v) is 3.56. The Hall–Kier alpha value is -0.120. The van der Waals surface area contributed by atoms with E-state index in [4.69, 9.17) is 0 Å². The molecule has 1 rings (SSSR count). The number of hydrogen-bond donors (Lipinski definition) is 2. The number of nitrogens with zero attached hydrogens (tertiary/aromatic N) is 1. The van der Waals surface area contributed by atoms with Gasteiger partial charge in [0.05, 0.1) is 6.10 Å². The second-order valence-corrected chi connectivity index (χ2v) is 6.15. The molecule has 0 aromatic heterocycles. The Kier molecular flexibility index (Phi) is 6.45. The van der Waals surface area contributed by atoms with E-state index in [1.54, 1.807) is 0 Å². The molecule has 0 aromatic carbocycles. The lowest BCUT2D eigenvalue weighted by atomic mass is 10.0. The molecule has 3 heteroatoms. The third kappa shape index (κ3) is 5.36. The van der Waals surface area contributed by atoms with Crippen LogP contribution in [0.15, 0.2) is 0 Å². The molecule has 1 aliphatic heterocycles. The Bertz CT molecular complexity index is 206. The zero-order valence-corrected chi connectivity index (χ0v) is 11.9. The summed E-state index contributed by atoms with van der Waals surface area (Å²) in [4.78, 5) is 2.46. The molecular weight excluding hydrogens is 212 g/mol. The molecule has 0 amide bonds. The summed E-state index contributed by atoms with van der Waals surface area (Å²) in [6, 6.07) is 0.676. The highest BCUT2D eigenvalue weighted by atomic mass is 16.3. The zero-order chi connectivity index (χ0) is 12.8. The van der Waals surface area contributed by atoms with Crippen molar-refractivity contribution >= 4 is 0 Å². The van der Waals surface area contributed by atoms with Crippen molar-refractivity contribution in [2.75, 3.05) is 26.2 Å². The first-order valence-corrected chi connectivity index (χ1v) is 7.13. The van der Waals surface area contributed by atoms with Gasteiger partial charge in [-0.1, -0.05) is 27.7 Å². The van der Waals surface area contributed by atoms with Crippen LogP contribution in [0.5, 0.6) is 0 Å².